The number of carbonyl (C=O) groups excluding carboxylic acids is 1. The van der Waals surface area contributed by atoms with E-state index in [0.717, 1.165) is 6.54 Å². The lowest BCUT2D eigenvalue weighted by atomic mass is 10.0. The zero-order valence-corrected chi connectivity index (χ0v) is 7.62. The van der Waals surface area contributed by atoms with Gasteiger partial charge in [-0.2, -0.15) is 0 Å². The van der Waals surface area contributed by atoms with Crippen LogP contribution < -0.4 is 0 Å². The van der Waals surface area contributed by atoms with Gasteiger partial charge in [0.2, 0.25) is 0 Å². The van der Waals surface area contributed by atoms with Gasteiger partial charge in [-0.3, -0.25) is 9.69 Å². The van der Waals surface area contributed by atoms with Crippen molar-refractivity contribution >= 4 is 5.78 Å². The molecule has 0 N–H and O–H groups in total. The lowest BCUT2D eigenvalue weighted by molar-refractivity contribution is -0.130. The third-order valence-electron chi connectivity index (χ3n) is 2.24. The highest BCUT2D eigenvalue weighted by molar-refractivity contribution is 5.94. The van der Waals surface area contributed by atoms with Crippen molar-refractivity contribution in [3.05, 3.63) is 12.7 Å². The number of likely N-dealkylation sites (N-methyl/N-ethyl adjacent to an activating group) is 1. The van der Waals surface area contributed by atoms with Crippen LogP contribution in [0.3, 0.4) is 0 Å². The number of rotatable bonds is 2. The molecule has 12 heavy (non-hydrogen) atoms. The highest BCUT2D eigenvalue weighted by Gasteiger charge is 2.30. The summed E-state index contributed by atoms with van der Waals surface area (Å²) in [5, 5.41) is 0. The number of nitrogens with zero attached hydrogens (tertiary/aromatic N) is 1. The van der Waals surface area contributed by atoms with E-state index in [-0.39, 0.29) is 17.9 Å². The summed E-state index contributed by atoms with van der Waals surface area (Å²) in [6.07, 6.45) is 1.35. The van der Waals surface area contributed by atoms with Crippen molar-refractivity contribution in [2.24, 2.45) is 0 Å². The Balaban J connectivity index is 2.68. The fraction of sp³-hybridized carbons (Fsp3) is 0.667. The van der Waals surface area contributed by atoms with Gasteiger partial charge in [-0.25, -0.2) is 0 Å². The van der Waals surface area contributed by atoms with E-state index in [1.807, 2.05) is 18.9 Å². The van der Waals surface area contributed by atoms with Gasteiger partial charge in [0.05, 0.1) is 18.8 Å². The van der Waals surface area contributed by atoms with E-state index >= 15 is 0 Å². The van der Waals surface area contributed by atoms with Crippen LogP contribution >= 0.6 is 0 Å². The monoisotopic (exact) mass is 169 g/mol. The Kier molecular flexibility index (Phi) is 3.00. The van der Waals surface area contributed by atoms with Crippen LogP contribution in [0, 0.1) is 0 Å². The van der Waals surface area contributed by atoms with E-state index in [4.69, 9.17) is 4.74 Å². The van der Waals surface area contributed by atoms with Gasteiger partial charge >= 0.3 is 0 Å². The first kappa shape index (κ1) is 9.42. The summed E-state index contributed by atoms with van der Waals surface area (Å²) in [5.41, 5.74) is 0. The molecule has 1 aliphatic heterocycles. The minimum Gasteiger partial charge on any atom is -0.375 e. The van der Waals surface area contributed by atoms with Crippen molar-refractivity contribution in [3.63, 3.8) is 0 Å². The lowest BCUT2D eigenvalue weighted by Crippen LogP contribution is -2.51. The third-order valence-corrected chi connectivity index (χ3v) is 2.24. The Labute approximate surface area is 73.0 Å². The van der Waals surface area contributed by atoms with E-state index < -0.39 is 0 Å². The average Bonchev–Trinajstić information content (AvgIpc) is 2.03. The molecule has 1 rings (SSSR count). The maximum atomic E-state index is 11.3. The molecule has 0 bridgehead atoms. The molecular weight excluding hydrogens is 154 g/mol. The van der Waals surface area contributed by atoms with Gasteiger partial charge in [0.15, 0.2) is 5.78 Å². The molecule has 1 saturated heterocycles. The van der Waals surface area contributed by atoms with Crippen molar-refractivity contribution in [1.29, 1.82) is 0 Å². The topological polar surface area (TPSA) is 29.5 Å². The molecule has 3 nitrogen and oxygen atoms in total. The highest BCUT2D eigenvalue weighted by atomic mass is 16.5. The van der Waals surface area contributed by atoms with Crippen molar-refractivity contribution in [3.8, 4) is 0 Å². The Morgan fingerprint density at radius 3 is 2.92 bits per heavy atom. The van der Waals surface area contributed by atoms with Crippen LogP contribution in [-0.2, 0) is 9.53 Å². The fourth-order valence-electron chi connectivity index (χ4n) is 1.54. The average molecular weight is 169 g/mol. The van der Waals surface area contributed by atoms with Crippen molar-refractivity contribution in [2.75, 3.05) is 20.2 Å². The second-order valence-electron chi connectivity index (χ2n) is 3.11. The van der Waals surface area contributed by atoms with Crippen LogP contribution in [-0.4, -0.2) is 43.0 Å². The molecule has 0 radical (unpaired) electrons. The molecular formula is C9H15NO2. The largest absolute Gasteiger partial charge is 0.375 e. The maximum Gasteiger partial charge on any atom is 0.174 e. The van der Waals surface area contributed by atoms with Gasteiger partial charge in [0.25, 0.3) is 0 Å². The van der Waals surface area contributed by atoms with Crippen LogP contribution in [0.5, 0.6) is 0 Å². The van der Waals surface area contributed by atoms with Gasteiger partial charge in [-0.1, -0.05) is 6.58 Å². The summed E-state index contributed by atoms with van der Waals surface area (Å²) in [7, 11) is 1.94. The van der Waals surface area contributed by atoms with E-state index in [1.165, 1.54) is 6.08 Å². The number of hydrogen-bond donors (Lipinski definition) is 0. The molecule has 68 valence electrons. The molecule has 0 aliphatic carbocycles. The van der Waals surface area contributed by atoms with Crippen LogP contribution in [0.2, 0.25) is 0 Å². The van der Waals surface area contributed by atoms with Crippen LogP contribution in [0.4, 0.5) is 0 Å². The molecule has 2 atom stereocenters. The van der Waals surface area contributed by atoms with E-state index in [1.54, 1.807) is 0 Å². The number of ether oxygens (including phenoxy) is 1. The summed E-state index contributed by atoms with van der Waals surface area (Å²) in [5.74, 6) is 0.0460. The molecule has 0 aromatic carbocycles. The van der Waals surface area contributed by atoms with E-state index in [0.29, 0.717) is 6.61 Å². The summed E-state index contributed by atoms with van der Waals surface area (Å²) in [4.78, 5) is 13.4. The first-order chi connectivity index (χ1) is 5.66. The van der Waals surface area contributed by atoms with E-state index in [2.05, 4.69) is 6.58 Å². The SMILES string of the molecule is C=CC(=O)C1C(C)OCCN1C. The molecule has 1 aliphatic rings. The lowest BCUT2D eigenvalue weighted by Gasteiger charge is -2.35. The van der Waals surface area contributed by atoms with Crippen molar-refractivity contribution < 1.29 is 9.53 Å². The molecule has 2 unspecified atom stereocenters. The van der Waals surface area contributed by atoms with Gasteiger partial charge in [-0.05, 0) is 20.0 Å². The minimum absolute atomic E-state index is 0.0192. The quantitative estimate of drug-likeness (QED) is 0.562. The zero-order chi connectivity index (χ0) is 9.14. The number of ketones is 1. The third kappa shape index (κ3) is 1.73. The molecule has 0 saturated carbocycles. The number of carbonyl (C=O) groups is 1. The van der Waals surface area contributed by atoms with Crippen molar-refractivity contribution in [2.45, 2.75) is 19.1 Å². The van der Waals surface area contributed by atoms with Crippen LogP contribution in [0.1, 0.15) is 6.92 Å². The second kappa shape index (κ2) is 3.83. The van der Waals surface area contributed by atoms with Crippen LogP contribution in [0.15, 0.2) is 12.7 Å². The first-order valence-corrected chi connectivity index (χ1v) is 4.15. The molecule has 1 heterocycles. The summed E-state index contributed by atoms with van der Waals surface area (Å²) >= 11 is 0. The Morgan fingerprint density at radius 1 is 1.75 bits per heavy atom. The Hall–Kier alpha value is -0.670. The van der Waals surface area contributed by atoms with Crippen LogP contribution in [0.25, 0.3) is 0 Å². The molecule has 3 heteroatoms. The van der Waals surface area contributed by atoms with Gasteiger partial charge < -0.3 is 4.74 Å². The molecule has 0 amide bonds. The number of hydrogen-bond acceptors (Lipinski definition) is 3. The minimum atomic E-state index is -0.142. The summed E-state index contributed by atoms with van der Waals surface area (Å²) in [6, 6.07) is -0.142. The zero-order valence-electron chi connectivity index (χ0n) is 7.62. The molecule has 0 aromatic heterocycles. The predicted molar refractivity (Wildman–Crippen MR) is 47.0 cm³/mol. The molecule has 0 spiro atoms. The van der Waals surface area contributed by atoms with E-state index in [9.17, 15) is 4.79 Å². The second-order valence-corrected chi connectivity index (χ2v) is 3.11. The highest BCUT2D eigenvalue weighted by Crippen LogP contribution is 2.12. The Bertz CT molecular complexity index is 181. The summed E-state index contributed by atoms with van der Waals surface area (Å²) < 4.78 is 5.37. The number of morpholine rings is 1. The van der Waals surface area contributed by atoms with Crippen molar-refractivity contribution in [1.82, 2.24) is 4.90 Å². The first-order valence-electron chi connectivity index (χ1n) is 4.15. The van der Waals surface area contributed by atoms with Gasteiger partial charge in [0, 0.05) is 6.54 Å². The standard InChI is InChI=1S/C9H15NO2/c1-4-8(11)9-7(2)12-6-5-10(9)3/h4,7,9H,1,5-6H2,2-3H3. The normalized spacial score (nSPS) is 31.5. The predicted octanol–water partition coefficient (Wildman–Crippen LogP) is 0.461. The molecule has 0 aromatic rings. The van der Waals surface area contributed by atoms with Gasteiger partial charge in [0.1, 0.15) is 0 Å². The fourth-order valence-corrected chi connectivity index (χ4v) is 1.54. The maximum absolute atomic E-state index is 11.3. The van der Waals surface area contributed by atoms with Gasteiger partial charge in [-0.15, -0.1) is 0 Å². The summed E-state index contributed by atoms with van der Waals surface area (Å²) in [6.45, 7) is 6.91. The smallest absolute Gasteiger partial charge is 0.174 e. The Morgan fingerprint density at radius 2 is 2.42 bits per heavy atom. The molecule has 1 fully saturated rings.